The maximum atomic E-state index is 13.5. The molecule has 5 atom stereocenters. The zero-order valence-corrected chi connectivity index (χ0v) is 25.4. The van der Waals surface area contributed by atoms with Gasteiger partial charge in [0, 0.05) is 6.42 Å². The number of hydrogen-bond acceptors (Lipinski definition) is 9. The molecule has 46 heavy (non-hydrogen) atoms. The maximum absolute atomic E-state index is 13.5. The molecule has 4 aromatic rings. The first kappa shape index (κ1) is 32.6. The second-order valence-electron chi connectivity index (χ2n) is 10.7. The minimum atomic E-state index is -1.16. The lowest BCUT2D eigenvalue weighted by atomic mass is 9.93. The largest absolute Gasteiger partial charge is 0.467 e. The highest BCUT2D eigenvalue weighted by Crippen LogP contribution is 2.31. The number of methoxy groups -OCH3 is 1. The van der Waals surface area contributed by atoms with Gasteiger partial charge in [0.2, 0.25) is 0 Å². The van der Waals surface area contributed by atoms with Crippen LogP contribution in [0.1, 0.15) is 38.3 Å². The molecule has 0 aliphatic carbocycles. The van der Waals surface area contributed by atoms with Crippen molar-refractivity contribution in [3.8, 4) is 0 Å². The van der Waals surface area contributed by atoms with Crippen LogP contribution in [0.2, 0.25) is 0 Å². The Morgan fingerprint density at radius 1 is 0.696 bits per heavy atom. The molecule has 0 unspecified atom stereocenters. The average Bonchev–Trinajstić information content (AvgIpc) is 3.11. The Hall–Kier alpha value is -4.83. The number of carbonyl (C=O) groups excluding carboxylic acids is 3. The van der Waals surface area contributed by atoms with Crippen LogP contribution in [-0.2, 0) is 46.4 Å². The molecule has 0 amide bonds. The van der Waals surface area contributed by atoms with Gasteiger partial charge in [0.1, 0.15) is 18.3 Å². The smallest absolute Gasteiger partial charge is 0.338 e. The van der Waals surface area contributed by atoms with E-state index in [9.17, 15) is 14.4 Å². The van der Waals surface area contributed by atoms with Crippen LogP contribution in [0, 0.1) is 0 Å². The van der Waals surface area contributed by atoms with Gasteiger partial charge in [-0.2, -0.15) is 0 Å². The van der Waals surface area contributed by atoms with Crippen molar-refractivity contribution in [2.24, 2.45) is 0 Å². The zero-order chi connectivity index (χ0) is 32.1. The Morgan fingerprint density at radius 2 is 1.20 bits per heavy atom. The van der Waals surface area contributed by atoms with E-state index in [1.807, 2.05) is 60.7 Å². The molecule has 0 spiro atoms. The molecule has 0 N–H and O–H groups in total. The van der Waals surface area contributed by atoms with Crippen LogP contribution in [0.4, 0.5) is 0 Å². The van der Waals surface area contributed by atoms with Gasteiger partial charge in [-0.05, 0) is 35.4 Å². The summed E-state index contributed by atoms with van der Waals surface area (Å²) in [7, 11) is 1.25. The van der Waals surface area contributed by atoms with Crippen molar-refractivity contribution < 1.29 is 42.8 Å². The van der Waals surface area contributed by atoms with Crippen molar-refractivity contribution in [3.63, 3.8) is 0 Å². The predicted octanol–water partition coefficient (Wildman–Crippen LogP) is 5.57. The summed E-state index contributed by atoms with van der Waals surface area (Å²) in [5, 5.41) is 0. The third-order valence-corrected chi connectivity index (χ3v) is 7.51. The number of benzene rings is 4. The molecular formula is C37H36O9. The molecule has 238 valence electrons. The molecule has 9 heteroatoms. The Bertz CT molecular complexity index is 1530. The van der Waals surface area contributed by atoms with E-state index in [2.05, 4.69) is 0 Å². The van der Waals surface area contributed by atoms with Crippen molar-refractivity contribution in [3.05, 3.63) is 144 Å². The number of esters is 3. The van der Waals surface area contributed by atoms with Crippen molar-refractivity contribution in [1.82, 2.24) is 0 Å². The van der Waals surface area contributed by atoms with Gasteiger partial charge in [0.05, 0.1) is 38.1 Å². The SMILES string of the molecule is COC(=O)[C@@H]1C[C@@H](OC(=O)c2ccccc2)[C@@H](OC(=O)c2ccccc2)[C@@H]([C@@H](COCc2ccccc2)OCc2ccccc2)O1. The lowest BCUT2D eigenvalue weighted by molar-refractivity contribution is -0.225. The molecule has 1 aliphatic heterocycles. The molecule has 0 bridgehead atoms. The second-order valence-corrected chi connectivity index (χ2v) is 10.7. The van der Waals surface area contributed by atoms with Crippen LogP contribution >= 0.6 is 0 Å². The van der Waals surface area contributed by atoms with Crippen LogP contribution in [0.15, 0.2) is 121 Å². The number of hydrogen-bond donors (Lipinski definition) is 0. The minimum Gasteiger partial charge on any atom is -0.467 e. The van der Waals surface area contributed by atoms with E-state index in [0.29, 0.717) is 11.1 Å². The first-order valence-corrected chi connectivity index (χ1v) is 15.0. The summed E-state index contributed by atoms with van der Waals surface area (Å²) in [4.78, 5) is 39.6. The van der Waals surface area contributed by atoms with Gasteiger partial charge in [-0.1, -0.05) is 97.1 Å². The highest BCUT2D eigenvalue weighted by molar-refractivity contribution is 5.90. The Morgan fingerprint density at radius 3 is 1.74 bits per heavy atom. The molecule has 1 heterocycles. The van der Waals surface area contributed by atoms with E-state index >= 15 is 0 Å². The first-order chi connectivity index (χ1) is 22.5. The van der Waals surface area contributed by atoms with E-state index in [1.54, 1.807) is 60.7 Å². The molecule has 1 aliphatic rings. The summed E-state index contributed by atoms with van der Waals surface area (Å²) in [5.41, 5.74) is 2.44. The van der Waals surface area contributed by atoms with E-state index in [0.717, 1.165) is 11.1 Å². The number of ether oxygens (including phenoxy) is 6. The summed E-state index contributed by atoms with van der Waals surface area (Å²) in [5.74, 6) is -1.95. The zero-order valence-electron chi connectivity index (χ0n) is 25.4. The molecular weight excluding hydrogens is 588 g/mol. The monoisotopic (exact) mass is 624 g/mol. The van der Waals surface area contributed by atoms with Crippen molar-refractivity contribution >= 4 is 17.9 Å². The summed E-state index contributed by atoms with van der Waals surface area (Å²) < 4.78 is 35.9. The highest BCUT2D eigenvalue weighted by Gasteiger charge is 2.49. The predicted molar refractivity (Wildman–Crippen MR) is 168 cm³/mol. The van der Waals surface area contributed by atoms with Crippen LogP contribution in [0.5, 0.6) is 0 Å². The summed E-state index contributed by atoms with van der Waals surface area (Å²) in [6, 6.07) is 36.0. The lowest BCUT2D eigenvalue weighted by Gasteiger charge is -2.42. The van der Waals surface area contributed by atoms with Crippen molar-refractivity contribution in [2.45, 2.75) is 50.2 Å². The molecule has 0 aromatic heterocycles. The molecule has 4 aromatic carbocycles. The lowest BCUT2D eigenvalue weighted by Crippen LogP contribution is -2.59. The van der Waals surface area contributed by atoms with Crippen molar-refractivity contribution in [1.29, 1.82) is 0 Å². The Kier molecular flexibility index (Phi) is 11.7. The molecule has 1 fully saturated rings. The third-order valence-electron chi connectivity index (χ3n) is 7.51. The van der Waals surface area contributed by atoms with E-state index in [1.165, 1.54) is 7.11 Å². The fourth-order valence-electron chi connectivity index (χ4n) is 5.15. The molecule has 0 saturated carbocycles. The highest BCUT2D eigenvalue weighted by atomic mass is 16.6. The number of carbonyl (C=O) groups is 3. The second kappa shape index (κ2) is 16.5. The fraction of sp³-hybridized carbons (Fsp3) is 0.270. The molecule has 5 rings (SSSR count). The summed E-state index contributed by atoms with van der Waals surface area (Å²) in [6.07, 6.45) is -5.43. The molecule has 1 saturated heterocycles. The van der Waals surface area contributed by atoms with Crippen LogP contribution in [-0.4, -0.2) is 62.1 Å². The standard InChI is InChI=1S/C37H36O9/c1-41-37(40)31-22-30(45-35(38)28-18-10-4-11-19-28)33(46-36(39)29-20-12-5-13-21-29)34(44-31)32(43-24-27-16-8-3-9-17-27)25-42-23-26-14-6-2-7-15-26/h2-21,30-34H,22-25H2,1H3/t30-,31+,32-,33-,34-/m1/s1. The summed E-state index contributed by atoms with van der Waals surface area (Å²) in [6.45, 7) is 0.468. The average molecular weight is 625 g/mol. The van der Waals surface area contributed by atoms with E-state index in [4.69, 9.17) is 28.4 Å². The molecule has 9 nitrogen and oxygen atoms in total. The summed E-state index contributed by atoms with van der Waals surface area (Å²) >= 11 is 0. The van der Waals surface area contributed by atoms with Crippen LogP contribution in [0.25, 0.3) is 0 Å². The van der Waals surface area contributed by atoms with Crippen LogP contribution < -0.4 is 0 Å². The number of rotatable bonds is 13. The maximum Gasteiger partial charge on any atom is 0.338 e. The normalized spacial score (nSPS) is 19.8. The van der Waals surface area contributed by atoms with E-state index < -0.39 is 48.4 Å². The van der Waals surface area contributed by atoms with Gasteiger partial charge in [-0.15, -0.1) is 0 Å². The Labute approximate surface area is 268 Å². The quantitative estimate of drug-likeness (QED) is 0.139. The van der Waals surface area contributed by atoms with Crippen molar-refractivity contribution in [2.75, 3.05) is 13.7 Å². The van der Waals surface area contributed by atoms with Gasteiger partial charge >= 0.3 is 17.9 Å². The first-order valence-electron chi connectivity index (χ1n) is 15.0. The third kappa shape index (κ3) is 8.88. The topological polar surface area (TPSA) is 107 Å². The van der Waals surface area contributed by atoms with E-state index in [-0.39, 0.29) is 26.2 Å². The van der Waals surface area contributed by atoms with Crippen LogP contribution in [0.3, 0.4) is 0 Å². The van der Waals surface area contributed by atoms with Gasteiger partial charge in [0.25, 0.3) is 0 Å². The van der Waals surface area contributed by atoms with Gasteiger partial charge in [0.15, 0.2) is 12.2 Å². The Balaban J connectivity index is 1.48. The minimum absolute atomic E-state index is 0.0129. The molecule has 0 radical (unpaired) electrons. The fourth-order valence-corrected chi connectivity index (χ4v) is 5.15. The van der Waals surface area contributed by atoms with Gasteiger partial charge in [-0.25, -0.2) is 14.4 Å². The van der Waals surface area contributed by atoms with Gasteiger partial charge in [-0.3, -0.25) is 0 Å². The van der Waals surface area contributed by atoms with Gasteiger partial charge < -0.3 is 28.4 Å².